The second-order valence-corrected chi connectivity index (χ2v) is 6.89. The number of thiophene rings is 1. The molecule has 2 nitrogen and oxygen atoms in total. The smallest absolute Gasteiger partial charge is 0.0511 e. The molecule has 0 aliphatic rings. The van der Waals surface area contributed by atoms with Crippen LogP contribution in [-0.2, 0) is 6.42 Å². The first-order valence-corrected chi connectivity index (χ1v) is 8.02. The fourth-order valence-electron chi connectivity index (χ4n) is 1.90. The first kappa shape index (κ1) is 14.2. The maximum absolute atomic E-state index is 5.71. The summed E-state index contributed by atoms with van der Waals surface area (Å²) in [6, 6.07) is 8.47. The van der Waals surface area contributed by atoms with E-state index in [-0.39, 0.29) is 6.04 Å². The zero-order valence-corrected chi connectivity index (χ0v) is 13.9. The molecule has 0 amide bonds. The third-order valence-electron chi connectivity index (χ3n) is 2.90. The predicted molar refractivity (Wildman–Crippen MR) is 84.7 cm³/mol. The summed E-state index contributed by atoms with van der Waals surface area (Å²) in [5.74, 6) is 5.71. The number of hydrogen-bond acceptors (Lipinski definition) is 3. The van der Waals surface area contributed by atoms with Crippen LogP contribution in [0.3, 0.4) is 0 Å². The Morgan fingerprint density at radius 1 is 1.33 bits per heavy atom. The molecule has 18 heavy (non-hydrogen) atoms. The summed E-state index contributed by atoms with van der Waals surface area (Å²) in [5, 5.41) is 2.08. The molecule has 2 rings (SSSR count). The summed E-state index contributed by atoms with van der Waals surface area (Å²) in [5.41, 5.74) is 5.39. The van der Waals surface area contributed by atoms with Gasteiger partial charge in [-0.2, -0.15) is 0 Å². The van der Waals surface area contributed by atoms with Crippen LogP contribution in [0.5, 0.6) is 0 Å². The van der Waals surface area contributed by atoms with E-state index in [0.717, 1.165) is 15.4 Å². The standard InChI is InChI=1S/C13H14Br2N2S/c1-8-2-3-9(14)6-10(8)12(17-16)7-13-11(15)4-5-18-13/h2-6,12,17H,7,16H2,1H3. The molecule has 1 atom stereocenters. The highest BCUT2D eigenvalue weighted by Crippen LogP contribution is 2.30. The van der Waals surface area contributed by atoms with Gasteiger partial charge < -0.3 is 0 Å². The highest BCUT2D eigenvalue weighted by molar-refractivity contribution is 9.10. The minimum Gasteiger partial charge on any atom is -0.271 e. The molecule has 3 N–H and O–H groups in total. The number of nitrogens with one attached hydrogen (secondary N) is 1. The van der Waals surface area contributed by atoms with Crippen LogP contribution >= 0.6 is 43.2 Å². The van der Waals surface area contributed by atoms with Crippen LogP contribution in [-0.4, -0.2) is 0 Å². The largest absolute Gasteiger partial charge is 0.271 e. The van der Waals surface area contributed by atoms with E-state index in [4.69, 9.17) is 5.84 Å². The van der Waals surface area contributed by atoms with Crippen molar-refractivity contribution in [3.05, 3.63) is 54.6 Å². The quantitative estimate of drug-likeness (QED) is 0.603. The van der Waals surface area contributed by atoms with Gasteiger partial charge in [0.2, 0.25) is 0 Å². The molecular weight excluding hydrogens is 376 g/mol. The van der Waals surface area contributed by atoms with Crippen molar-refractivity contribution in [1.82, 2.24) is 5.43 Å². The van der Waals surface area contributed by atoms with E-state index in [9.17, 15) is 0 Å². The average Bonchev–Trinajstić information content (AvgIpc) is 2.75. The molecule has 2 aromatic rings. The van der Waals surface area contributed by atoms with E-state index in [2.05, 4.69) is 67.8 Å². The molecule has 0 bridgehead atoms. The van der Waals surface area contributed by atoms with E-state index < -0.39 is 0 Å². The molecule has 1 unspecified atom stereocenters. The van der Waals surface area contributed by atoms with Crippen molar-refractivity contribution >= 4 is 43.2 Å². The number of hydrogen-bond donors (Lipinski definition) is 2. The number of aryl methyl sites for hydroxylation is 1. The number of hydrazine groups is 1. The van der Waals surface area contributed by atoms with E-state index in [1.807, 2.05) is 6.07 Å². The molecule has 1 aromatic carbocycles. The predicted octanol–water partition coefficient (Wildman–Crippen LogP) is 4.33. The molecule has 1 heterocycles. The van der Waals surface area contributed by atoms with Gasteiger partial charge in [-0.15, -0.1) is 11.3 Å². The lowest BCUT2D eigenvalue weighted by atomic mass is 9.99. The molecule has 0 aliphatic heterocycles. The zero-order chi connectivity index (χ0) is 13.1. The normalized spacial score (nSPS) is 12.7. The summed E-state index contributed by atoms with van der Waals surface area (Å²) in [6.45, 7) is 2.11. The fraction of sp³-hybridized carbons (Fsp3) is 0.231. The van der Waals surface area contributed by atoms with Crippen molar-refractivity contribution in [3.63, 3.8) is 0 Å². The molecule has 0 saturated carbocycles. The van der Waals surface area contributed by atoms with Gasteiger partial charge in [-0.05, 0) is 57.6 Å². The van der Waals surface area contributed by atoms with Crippen LogP contribution < -0.4 is 11.3 Å². The van der Waals surface area contributed by atoms with Gasteiger partial charge in [-0.25, -0.2) is 0 Å². The highest BCUT2D eigenvalue weighted by atomic mass is 79.9. The molecule has 0 fully saturated rings. The minimum absolute atomic E-state index is 0.123. The van der Waals surface area contributed by atoms with Gasteiger partial charge in [0.15, 0.2) is 0 Å². The maximum Gasteiger partial charge on any atom is 0.0511 e. The zero-order valence-electron chi connectivity index (χ0n) is 9.91. The molecule has 5 heteroatoms. The summed E-state index contributed by atoms with van der Waals surface area (Å²) in [4.78, 5) is 1.30. The minimum atomic E-state index is 0.123. The molecule has 0 aliphatic carbocycles. The lowest BCUT2D eigenvalue weighted by molar-refractivity contribution is 0.552. The molecular formula is C13H14Br2N2S. The van der Waals surface area contributed by atoms with Crippen molar-refractivity contribution in [3.8, 4) is 0 Å². The van der Waals surface area contributed by atoms with Crippen molar-refractivity contribution in [2.75, 3.05) is 0 Å². The molecule has 0 spiro atoms. The van der Waals surface area contributed by atoms with Gasteiger partial charge in [0.1, 0.15) is 0 Å². The second-order valence-electron chi connectivity index (χ2n) is 4.12. The first-order chi connectivity index (χ1) is 8.61. The van der Waals surface area contributed by atoms with Crippen LogP contribution in [0.25, 0.3) is 0 Å². The first-order valence-electron chi connectivity index (χ1n) is 5.56. The van der Waals surface area contributed by atoms with E-state index in [1.54, 1.807) is 11.3 Å². The van der Waals surface area contributed by atoms with Crippen LogP contribution in [0.1, 0.15) is 22.0 Å². The summed E-state index contributed by atoms with van der Waals surface area (Å²) >= 11 is 8.82. The van der Waals surface area contributed by atoms with Crippen LogP contribution in [0.15, 0.2) is 38.6 Å². The molecule has 0 saturated heterocycles. The Morgan fingerprint density at radius 2 is 2.11 bits per heavy atom. The summed E-state index contributed by atoms with van der Waals surface area (Å²) in [7, 11) is 0. The maximum atomic E-state index is 5.71. The lowest BCUT2D eigenvalue weighted by Crippen LogP contribution is -2.30. The van der Waals surface area contributed by atoms with E-state index >= 15 is 0 Å². The average molecular weight is 390 g/mol. The summed E-state index contributed by atoms with van der Waals surface area (Å²) in [6.07, 6.45) is 0.881. The Bertz CT molecular complexity index is 540. The van der Waals surface area contributed by atoms with Crippen LogP contribution in [0.2, 0.25) is 0 Å². The van der Waals surface area contributed by atoms with Gasteiger partial charge >= 0.3 is 0 Å². The third kappa shape index (κ3) is 3.22. The lowest BCUT2D eigenvalue weighted by Gasteiger charge is -2.18. The fourth-order valence-corrected chi connectivity index (χ4v) is 3.84. The van der Waals surface area contributed by atoms with Crippen LogP contribution in [0.4, 0.5) is 0 Å². The van der Waals surface area contributed by atoms with Gasteiger partial charge in [0.05, 0.1) is 6.04 Å². The Hall–Kier alpha value is -0.200. The van der Waals surface area contributed by atoms with Crippen molar-refractivity contribution < 1.29 is 0 Å². The highest BCUT2D eigenvalue weighted by Gasteiger charge is 2.15. The van der Waals surface area contributed by atoms with Gasteiger partial charge in [0, 0.05) is 20.2 Å². The molecule has 0 radical (unpaired) electrons. The number of rotatable bonds is 4. The van der Waals surface area contributed by atoms with E-state index in [0.29, 0.717) is 0 Å². The topological polar surface area (TPSA) is 38.0 Å². The number of benzene rings is 1. The van der Waals surface area contributed by atoms with Gasteiger partial charge in [0.25, 0.3) is 0 Å². The van der Waals surface area contributed by atoms with Crippen molar-refractivity contribution in [1.29, 1.82) is 0 Å². The summed E-state index contributed by atoms with van der Waals surface area (Å²) < 4.78 is 2.23. The number of nitrogens with two attached hydrogens (primary N) is 1. The van der Waals surface area contributed by atoms with Crippen molar-refractivity contribution in [2.45, 2.75) is 19.4 Å². The Balaban J connectivity index is 2.28. The second kappa shape index (κ2) is 6.30. The Kier molecular flexibility index (Phi) is 4.98. The van der Waals surface area contributed by atoms with E-state index in [1.165, 1.54) is 16.0 Å². The Labute approximate surface area is 128 Å². The molecule has 1 aromatic heterocycles. The van der Waals surface area contributed by atoms with Gasteiger partial charge in [-0.1, -0.05) is 22.0 Å². The SMILES string of the molecule is Cc1ccc(Br)cc1C(Cc1sccc1Br)NN. The molecule has 96 valence electrons. The Morgan fingerprint density at radius 3 is 2.72 bits per heavy atom. The third-order valence-corrected chi connectivity index (χ3v) is 5.34. The van der Waals surface area contributed by atoms with Crippen molar-refractivity contribution in [2.24, 2.45) is 5.84 Å². The van der Waals surface area contributed by atoms with Gasteiger partial charge in [-0.3, -0.25) is 11.3 Å². The number of halogens is 2. The monoisotopic (exact) mass is 388 g/mol. The van der Waals surface area contributed by atoms with Crippen LogP contribution in [0, 0.1) is 6.92 Å².